The summed E-state index contributed by atoms with van der Waals surface area (Å²) < 4.78 is 18.8. The number of amides is 1. The minimum absolute atomic E-state index is 0.114. The minimum atomic E-state index is -0.530. The Morgan fingerprint density at radius 2 is 2.11 bits per heavy atom. The van der Waals surface area contributed by atoms with Crippen molar-refractivity contribution in [3.05, 3.63) is 71.2 Å². The van der Waals surface area contributed by atoms with Crippen LogP contribution in [0.2, 0.25) is 0 Å². The van der Waals surface area contributed by atoms with Crippen molar-refractivity contribution in [1.29, 1.82) is 5.26 Å². The molecule has 0 fully saturated rings. The highest BCUT2D eigenvalue weighted by Crippen LogP contribution is 2.26. The normalized spacial score (nSPS) is 12.0. The van der Waals surface area contributed by atoms with Gasteiger partial charge in [-0.25, -0.2) is 4.39 Å². The summed E-state index contributed by atoms with van der Waals surface area (Å²) in [5, 5.41) is 14.8. The van der Waals surface area contributed by atoms with Gasteiger partial charge >= 0.3 is 0 Å². The predicted molar refractivity (Wildman–Crippen MR) is 103 cm³/mol. The molecule has 2 N–H and O–H groups in total. The SMILES string of the molecule is CCOc1ccc(C)cc1C(C)NC(=O)/C(C#N)=C\Nc1cccc(F)c1. The molecule has 0 aliphatic carbocycles. The van der Waals surface area contributed by atoms with Crippen LogP contribution in [0.5, 0.6) is 5.75 Å². The van der Waals surface area contributed by atoms with Gasteiger partial charge in [0.1, 0.15) is 23.2 Å². The predicted octanol–water partition coefficient (Wildman–Crippen LogP) is 4.23. The van der Waals surface area contributed by atoms with Crippen LogP contribution in [0.15, 0.2) is 54.2 Å². The lowest BCUT2D eigenvalue weighted by molar-refractivity contribution is -0.117. The molecule has 2 aromatic carbocycles. The van der Waals surface area contributed by atoms with Gasteiger partial charge < -0.3 is 15.4 Å². The highest BCUT2D eigenvalue weighted by molar-refractivity contribution is 5.97. The Morgan fingerprint density at radius 1 is 1.33 bits per heavy atom. The van der Waals surface area contributed by atoms with E-state index in [9.17, 15) is 14.4 Å². The van der Waals surface area contributed by atoms with E-state index in [-0.39, 0.29) is 11.6 Å². The van der Waals surface area contributed by atoms with Crippen molar-refractivity contribution in [2.24, 2.45) is 0 Å². The molecule has 6 heteroatoms. The van der Waals surface area contributed by atoms with Gasteiger partial charge in [0.15, 0.2) is 0 Å². The molecule has 0 saturated heterocycles. The van der Waals surface area contributed by atoms with Crippen LogP contribution in [0.1, 0.15) is 31.0 Å². The Bertz CT molecular complexity index is 887. The molecule has 0 heterocycles. The van der Waals surface area contributed by atoms with Crippen molar-refractivity contribution in [2.75, 3.05) is 11.9 Å². The number of halogens is 1. The first kappa shape index (κ1) is 20.0. The van der Waals surface area contributed by atoms with Crippen LogP contribution in [-0.2, 0) is 4.79 Å². The number of anilines is 1. The summed E-state index contributed by atoms with van der Waals surface area (Å²) in [6.45, 7) is 6.18. The molecule has 140 valence electrons. The third-order valence-corrected chi connectivity index (χ3v) is 3.85. The number of nitrogens with one attached hydrogen (secondary N) is 2. The fourth-order valence-corrected chi connectivity index (χ4v) is 2.53. The van der Waals surface area contributed by atoms with Gasteiger partial charge in [0.25, 0.3) is 5.91 Å². The van der Waals surface area contributed by atoms with E-state index in [0.29, 0.717) is 18.0 Å². The Labute approximate surface area is 158 Å². The lowest BCUT2D eigenvalue weighted by Crippen LogP contribution is -2.28. The maximum absolute atomic E-state index is 13.2. The van der Waals surface area contributed by atoms with E-state index in [4.69, 9.17) is 4.74 Å². The third-order valence-electron chi connectivity index (χ3n) is 3.85. The molecule has 0 aliphatic rings. The lowest BCUT2D eigenvalue weighted by atomic mass is 10.0. The number of hydrogen-bond acceptors (Lipinski definition) is 4. The van der Waals surface area contributed by atoms with Gasteiger partial charge in [0.05, 0.1) is 12.6 Å². The van der Waals surface area contributed by atoms with Gasteiger partial charge in [0, 0.05) is 17.5 Å². The number of nitriles is 1. The van der Waals surface area contributed by atoms with Crippen molar-refractivity contribution in [3.63, 3.8) is 0 Å². The highest BCUT2D eigenvalue weighted by atomic mass is 19.1. The van der Waals surface area contributed by atoms with Gasteiger partial charge in [0.2, 0.25) is 0 Å². The first-order valence-electron chi connectivity index (χ1n) is 8.61. The molecule has 0 radical (unpaired) electrons. The van der Waals surface area contributed by atoms with Crippen LogP contribution in [0.4, 0.5) is 10.1 Å². The molecule has 1 atom stereocenters. The molecule has 0 bridgehead atoms. The number of benzene rings is 2. The monoisotopic (exact) mass is 367 g/mol. The van der Waals surface area contributed by atoms with Crippen molar-refractivity contribution >= 4 is 11.6 Å². The average molecular weight is 367 g/mol. The number of nitrogens with zero attached hydrogens (tertiary/aromatic N) is 1. The summed E-state index contributed by atoms with van der Waals surface area (Å²) in [4.78, 5) is 12.4. The van der Waals surface area contributed by atoms with Gasteiger partial charge in [-0.05, 0) is 45.0 Å². The van der Waals surface area contributed by atoms with Crippen molar-refractivity contribution < 1.29 is 13.9 Å². The third kappa shape index (κ3) is 5.58. The molecule has 2 rings (SSSR count). The number of hydrogen-bond donors (Lipinski definition) is 2. The molecule has 27 heavy (non-hydrogen) atoms. The van der Waals surface area contributed by atoms with Crippen molar-refractivity contribution in [3.8, 4) is 11.8 Å². The fourth-order valence-electron chi connectivity index (χ4n) is 2.53. The van der Waals surface area contributed by atoms with Crippen molar-refractivity contribution in [2.45, 2.75) is 26.8 Å². The number of aryl methyl sites for hydroxylation is 1. The van der Waals surface area contributed by atoms with E-state index < -0.39 is 11.7 Å². The standard InChI is InChI=1S/C21H22FN3O2/c1-4-27-20-9-8-14(2)10-19(20)15(3)25-21(26)16(12-23)13-24-18-7-5-6-17(22)11-18/h5-11,13,15,24H,4H2,1-3H3,(H,25,26)/b16-13-. The number of rotatable bonds is 7. The molecule has 0 saturated carbocycles. The van der Waals surface area contributed by atoms with E-state index >= 15 is 0 Å². The van der Waals surface area contributed by atoms with E-state index in [1.165, 1.54) is 24.4 Å². The van der Waals surface area contributed by atoms with Crippen molar-refractivity contribution in [1.82, 2.24) is 5.32 Å². The van der Waals surface area contributed by atoms with Crippen LogP contribution in [0, 0.1) is 24.1 Å². The number of carbonyl (C=O) groups is 1. The molecular formula is C21H22FN3O2. The average Bonchev–Trinajstić information content (AvgIpc) is 2.64. The summed E-state index contributed by atoms with van der Waals surface area (Å²) in [6, 6.07) is 13.0. The van der Waals surface area contributed by atoms with Crippen LogP contribution in [0.3, 0.4) is 0 Å². The molecule has 5 nitrogen and oxygen atoms in total. The molecule has 2 aromatic rings. The first-order chi connectivity index (χ1) is 12.9. The zero-order valence-electron chi connectivity index (χ0n) is 15.5. The van der Waals surface area contributed by atoms with Crippen LogP contribution in [-0.4, -0.2) is 12.5 Å². The number of carbonyl (C=O) groups excluding carboxylic acids is 1. The highest BCUT2D eigenvalue weighted by Gasteiger charge is 2.17. The summed E-state index contributed by atoms with van der Waals surface area (Å²) in [5.74, 6) is -0.248. The Morgan fingerprint density at radius 3 is 2.78 bits per heavy atom. The molecule has 0 spiro atoms. The van der Waals surface area contributed by atoms with Gasteiger partial charge in [-0.1, -0.05) is 23.8 Å². The molecule has 0 aromatic heterocycles. The molecule has 1 unspecified atom stereocenters. The van der Waals surface area contributed by atoms with E-state index in [0.717, 1.165) is 11.1 Å². The summed E-state index contributed by atoms with van der Waals surface area (Å²) in [7, 11) is 0. The first-order valence-corrected chi connectivity index (χ1v) is 8.61. The van der Waals surface area contributed by atoms with Gasteiger partial charge in [-0.3, -0.25) is 4.79 Å². The van der Waals surface area contributed by atoms with Gasteiger partial charge in [-0.2, -0.15) is 5.26 Å². The van der Waals surface area contributed by atoms with E-state index in [1.54, 1.807) is 6.07 Å². The zero-order chi connectivity index (χ0) is 19.8. The zero-order valence-corrected chi connectivity index (χ0v) is 15.5. The second-order valence-corrected chi connectivity index (χ2v) is 5.99. The van der Waals surface area contributed by atoms with E-state index in [2.05, 4.69) is 10.6 Å². The van der Waals surface area contributed by atoms with E-state index in [1.807, 2.05) is 45.0 Å². The summed E-state index contributed by atoms with van der Waals surface area (Å²) >= 11 is 0. The molecular weight excluding hydrogens is 345 g/mol. The maximum atomic E-state index is 13.2. The summed E-state index contributed by atoms with van der Waals surface area (Å²) in [5.41, 5.74) is 2.21. The number of ether oxygens (including phenoxy) is 1. The lowest BCUT2D eigenvalue weighted by Gasteiger charge is -2.18. The quantitative estimate of drug-likeness (QED) is 0.567. The van der Waals surface area contributed by atoms with Gasteiger partial charge in [-0.15, -0.1) is 0 Å². The Balaban J connectivity index is 2.13. The Hall–Kier alpha value is -3.33. The topological polar surface area (TPSA) is 74.1 Å². The Kier molecular flexibility index (Phi) is 6.95. The fraction of sp³-hybridized carbons (Fsp3) is 0.238. The largest absolute Gasteiger partial charge is 0.494 e. The smallest absolute Gasteiger partial charge is 0.263 e. The van der Waals surface area contributed by atoms with Crippen LogP contribution in [0.25, 0.3) is 0 Å². The minimum Gasteiger partial charge on any atom is -0.494 e. The molecule has 1 amide bonds. The summed E-state index contributed by atoms with van der Waals surface area (Å²) in [6.07, 6.45) is 1.26. The van der Waals surface area contributed by atoms with Crippen LogP contribution < -0.4 is 15.4 Å². The second kappa shape index (κ2) is 9.39. The maximum Gasteiger partial charge on any atom is 0.263 e. The van der Waals surface area contributed by atoms with Crippen LogP contribution >= 0.6 is 0 Å². The molecule has 0 aliphatic heterocycles. The second-order valence-electron chi connectivity index (χ2n) is 5.99.